The molecule has 45 heavy (non-hydrogen) atoms. The molecule has 0 spiro atoms. The number of hydrogen-bond acceptors (Lipinski definition) is 6. The molecule has 5 rings (SSSR count). The second-order valence-corrected chi connectivity index (χ2v) is 15.5. The molecule has 2 heterocycles. The summed E-state index contributed by atoms with van der Waals surface area (Å²) < 4.78 is 64.4. The highest BCUT2D eigenvalue weighted by molar-refractivity contribution is 7.98. The molecule has 0 saturated carbocycles. The molecule has 0 N–H and O–H groups in total. The zero-order valence-electron chi connectivity index (χ0n) is 25.5. The van der Waals surface area contributed by atoms with Crippen LogP contribution in [0.25, 0.3) is 5.69 Å². The summed E-state index contributed by atoms with van der Waals surface area (Å²) in [6.45, 7) is 5.59. The highest BCUT2D eigenvalue weighted by Crippen LogP contribution is 2.40. The minimum absolute atomic E-state index is 0.0140. The minimum atomic E-state index is -3.87. The average Bonchev–Trinajstić information content (AvgIpc) is 3.39. The third kappa shape index (κ3) is 6.89. The molecule has 0 unspecified atom stereocenters. The summed E-state index contributed by atoms with van der Waals surface area (Å²) in [5, 5.41) is 1.02. The van der Waals surface area contributed by atoms with Crippen molar-refractivity contribution in [3.05, 3.63) is 99.3 Å². The summed E-state index contributed by atoms with van der Waals surface area (Å²) in [6, 6.07) is 13.9. The van der Waals surface area contributed by atoms with Crippen LogP contribution < -0.4 is 4.74 Å². The first kappa shape index (κ1) is 33.7. The van der Waals surface area contributed by atoms with Crippen molar-refractivity contribution >= 4 is 45.0 Å². The Morgan fingerprint density at radius 1 is 1.04 bits per heavy atom. The Balaban J connectivity index is 1.44. The van der Waals surface area contributed by atoms with Crippen molar-refractivity contribution in [3.8, 4) is 11.4 Å². The van der Waals surface area contributed by atoms with Gasteiger partial charge >= 0.3 is 0 Å². The van der Waals surface area contributed by atoms with E-state index in [0.29, 0.717) is 34.7 Å². The number of halogens is 4. The molecule has 1 aliphatic heterocycles. The van der Waals surface area contributed by atoms with Crippen LogP contribution in [0.2, 0.25) is 10.0 Å². The van der Waals surface area contributed by atoms with E-state index in [1.807, 2.05) is 49.5 Å². The molecule has 1 aliphatic rings. The molecule has 0 amide bonds. The summed E-state index contributed by atoms with van der Waals surface area (Å²) in [5.41, 5.74) is 1.90. The number of nitrogens with zero attached hydrogens (tertiary/aromatic N) is 4. The van der Waals surface area contributed by atoms with Gasteiger partial charge in [0.15, 0.2) is 5.16 Å². The number of hydrogen-bond donors (Lipinski definition) is 0. The zero-order chi connectivity index (χ0) is 32.7. The van der Waals surface area contributed by atoms with Crippen LogP contribution in [0.1, 0.15) is 30.7 Å². The second kappa shape index (κ2) is 13.2. The highest BCUT2D eigenvalue weighted by Gasteiger charge is 2.37. The van der Waals surface area contributed by atoms with Gasteiger partial charge in [-0.2, -0.15) is 4.31 Å². The quantitative estimate of drug-likeness (QED) is 0.154. The molecule has 3 aromatic carbocycles. The first-order valence-electron chi connectivity index (χ1n) is 14.2. The number of imidazole rings is 1. The van der Waals surface area contributed by atoms with E-state index in [0.717, 1.165) is 23.9 Å². The van der Waals surface area contributed by atoms with Gasteiger partial charge in [-0.25, -0.2) is 22.2 Å². The largest absolute Gasteiger partial charge is 0.495 e. The molecule has 1 saturated heterocycles. The van der Waals surface area contributed by atoms with Gasteiger partial charge in [-0.3, -0.25) is 4.57 Å². The van der Waals surface area contributed by atoms with Crippen molar-refractivity contribution in [3.63, 3.8) is 0 Å². The predicted molar refractivity (Wildman–Crippen MR) is 175 cm³/mol. The van der Waals surface area contributed by atoms with E-state index in [1.54, 1.807) is 31.5 Å². The lowest BCUT2D eigenvalue weighted by molar-refractivity contribution is 0.160. The predicted octanol–water partition coefficient (Wildman–Crippen LogP) is 7.27. The smallest absolute Gasteiger partial charge is 0.243 e. The Morgan fingerprint density at radius 3 is 2.36 bits per heavy atom. The third-order valence-corrected chi connectivity index (χ3v) is 11.4. The van der Waals surface area contributed by atoms with E-state index >= 15 is 4.39 Å². The van der Waals surface area contributed by atoms with Crippen LogP contribution in [0.4, 0.5) is 8.78 Å². The number of benzene rings is 3. The Kier molecular flexibility index (Phi) is 9.89. The maximum absolute atomic E-state index is 15.5. The molecule has 0 aliphatic carbocycles. The normalized spacial score (nSPS) is 14.6. The highest BCUT2D eigenvalue weighted by atomic mass is 35.5. The molecular formula is C32H34Cl2F2N4O3S2. The Hall–Kier alpha value is -2.67. The van der Waals surface area contributed by atoms with Gasteiger partial charge in [0.1, 0.15) is 17.4 Å². The summed E-state index contributed by atoms with van der Waals surface area (Å²) in [7, 11) is 1.55. The van der Waals surface area contributed by atoms with Crippen LogP contribution in [0.3, 0.4) is 0 Å². The van der Waals surface area contributed by atoms with Gasteiger partial charge in [-0.05, 0) is 74.1 Å². The lowest BCUT2D eigenvalue weighted by atomic mass is 9.81. The van der Waals surface area contributed by atoms with E-state index in [1.165, 1.54) is 34.3 Å². The van der Waals surface area contributed by atoms with Crippen LogP contribution in [0, 0.1) is 17.6 Å². The fourth-order valence-corrected chi connectivity index (χ4v) is 8.69. The fraction of sp³-hybridized carbons (Fsp3) is 0.344. The lowest BCUT2D eigenvalue weighted by Crippen LogP contribution is -2.52. The Morgan fingerprint density at radius 2 is 1.73 bits per heavy atom. The van der Waals surface area contributed by atoms with E-state index in [4.69, 9.17) is 27.9 Å². The third-order valence-electron chi connectivity index (χ3n) is 7.97. The summed E-state index contributed by atoms with van der Waals surface area (Å²) in [6.07, 6.45) is 1.73. The van der Waals surface area contributed by atoms with Crippen molar-refractivity contribution < 1.29 is 21.9 Å². The van der Waals surface area contributed by atoms with Crippen LogP contribution in [0.15, 0.2) is 70.8 Å². The first-order valence-corrected chi connectivity index (χ1v) is 17.3. The molecular weight excluding hydrogens is 661 g/mol. The van der Waals surface area contributed by atoms with Crippen molar-refractivity contribution in [1.82, 2.24) is 18.8 Å². The first-order chi connectivity index (χ1) is 21.2. The van der Waals surface area contributed by atoms with Gasteiger partial charge in [0, 0.05) is 47.1 Å². The number of aromatic nitrogens is 2. The van der Waals surface area contributed by atoms with Gasteiger partial charge in [0.05, 0.1) is 28.9 Å². The van der Waals surface area contributed by atoms with E-state index < -0.39 is 21.3 Å². The Bertz CT molecular complexity index is 1790. The fourth-order valence-electron chi connectivity index (χ4n) is 5.42. The van der Waals surface area contributed by atoms with Crippen molar-refractivity contribution in [1.29, 1.82) is 0 Å². The molecule has 7 nitrogen and oxygen atoms in total. The molecule has 1 aromatic heterocycles. The molecule has 240 valence electrons. The lowest BCUT2D eigenvalue weighted by Gasteiger charge is -2.39. The van der Waals surface area contributed by atoms with Gasteiger partial charge < -0.3 is 9.64 Å². The molecule has 1 fully saturated rings. The molecule has 0 radical (unpaired) electrons. The van der Waals surface area contributed by atoms with Crippen molar-refractivity contribution in [2.75, 3.05) is 40.8 Å². The maximum atomic E-state index is 15.5. The van der Waals surface area contributed by atoms with Gasteiger partial charge in [0.2, 0.25) is 10.0 Å². The van der Waals surface area contributed by atoms with E-state index in [9.17, 15) is 12.8 Å². The van der Waals surface area contributed by atoms with Crippen LogP contribution in [0.5, 0.6) is 5.75 Å². The van der Waals surface area contributed by atoms with Crippen LogP contribution in [-0.2, 0) is 21.2 Å². The Labute approximate surface area is 277 Å². The van der Waals surface area contributed by atoms with E-state index in [2.05, 4.69) is 4.98 Å². The number of ether oxygens (including phenoxy) is 1. The summed E-state index contributed by atoms with van der Waals surface area (Å²) >= 11 is 14.0. The summed E-state index contributed by atoms with van der Waals surface area (Å²) in [5.74, 6) is -0.263. The molecule has 4 aromatic rings. The standard InChI is InChI=1S/C32H34Cl2F2N4O3S2/c1-32(2,21-6-11-26(33)29(12-21)43-5)30-15-37-31(40(30)23-9-7-22(35)8-10-23)44-19-25-27(34)13-24(14-28(25)36)45(41,42)39-17-20(18-39)16-38(3)4/h6-15,20H,16-19H2,1-5H3. The van der Waals surface area contributed by atoms with Gasteiger partial charge in [-0.15, -0.1) is 0 Å². The average molecular weight is 696 g/mol. The van der Waals surface area contributed by atoms with Crippen LogP contribution >= 0.6 is 35.0 Å². The van der Waals surface area contributed by atoms with Crippen molar-refractivity contribution in [2.24, 2.45) is 5.92 Å². The number of methoxy groups -OCH3 is 1. The summed E-state index contributed by atoms with van der Waals surface area (Å²) in [4.78, 5) is 6.51. The monoisotopic (exact) mass is 694 g/mol. The maximum Gasteiger partial charge on any atom is 0.243 e. The van der Waals surface area contributed by atoms with Crippen molar-refractivity contribution in [2.45, 2.75) is 35.1 Å². The second-order valence-electron chi connectivity index (χ2n) is 11.8. The SMILES string of the molecule is COc1cc(C(C)(C)c2cnc(SCc3c(F)cc(S(=O)(=O)N4CC(CN(C)C)C4)cc3Cl)n2-c2ccc(F)cc2)ccc1Cl. The topological polar surface area (TPSA) is 67.7 Å². The number of rotatable bonds is 11. The zero-order valence-corrected chi connectivity index (χ0v) is 28.7. The van der Waals surface area contributed by atoms with Gasteiger partial charge in [-0.1, -0.05) is 54.9 Å². The number of thioether (sulfide) groups is 1. The molecule has 13 heteroatoms. The minimum Gasteiger partial charge on any atom is -0.495 e. The molecule has 0 atom stereocenters. The van der Waals surface area contributed by atoms with E-state index in [-0.39, 0.29) is 33.0 Å². The number of sulfonamides is 1. The molecule has 0 bridgehead atoms. The van der Waals surface area contributed by atoms with Gasteiger partial charge in [0.25, 0.3) is 0 Å². The van der Waals surface area contributed by atoms with Crippen LogP contribution in [-0.4, -0.2) is 68.0 Å².